The molecule has 0 saturated heterocycles. The predicted octanol–water partition coefficient (Wildman–Crippen LogP) is 2.29. The molecule has 0 saturated carbocycles. The van der Waals surface area contributed by atoms with Crippen molar-refractivity contribution in [2.45, 2.75) is 25.0 Å². The van der Waals surface area contributed by atoms with Gasteiger partial charge in [-0.25, -0.2) is 4.98 Å². The molecule has 2 aromatic heterocycles. The van der Waals surface area contributed by atoms with E-state index in [2.05, 4.69) is 27.1 Å². The average molecular weight is 303 g/mol. The van der Waals surface area contributed by atoms with Crippen LogP contribution in [0.15, 0.2) is 42.2 Å². The van der Waals surface area contributed by atoms with Gasteiger partial charge in [-0.05, 0) is 19.1 Å². The SMILES string of the molecule is C=CCn1c(C)nnc1SCCC(=O)Nc1ccccn1. The highest BCUT2D eigenvalue weighted by Gasteiger charge is 2.09. The molecule has 0 spiro atoms. The highest BCUT2D eigenvalue weighted by molar-refractivity contribution is 7.99. The van der Waals surface area contributed by atoms with Crippen LogP contribution in [-0.2, 0) is 11.3 Å². The number of hydrogen-bond acceptors (Lipinski definition) is 5. The molecule has 2 rings (SSSR count). The maximum Gasteiger partial charge on any atom is 0.226 e. The number of allylic oxidation sites excluding steroid dienone is 1. The van der Waals surface area contributed by atoms with Crippen molar-refractivity contribution in [3.63, 3.8) is 0 Å². The topological polar surface area (TPSA) is 72.7 Å². The predicted molar refractivity (Wildman–Crippen MR) is 83.2 cm³/mol. The number of rotatable bonds is 7. The average Bonchev–Trinajstić information content (AvgIpc) is 2.82. The van der Waals surface area contributed by atoms with Gasteiger partial charge in [-0.15, -0.1) is 16.8 Å². The van der Waals surface area contributed by atoms with Crippen molar-refractivity contribution in [3.05, 3.63) is 42.9 Å². The summed E-state index contributed by atoms with van der Waals surface area (Å²) in [5.74, 6) is 1.98. The molecule has 1 N–H and O–H groups in total. The lowest BCUT2D eigenvalue weighted by Crippen LogP contribution is -2.13. The lowest BCUT2D eigenvalue weighted by atomic mass is 10.4. The van der Waals surface area contributed by atoms with Crippen molar-refractivity contribution in [3.8, 4) is 0 Å². The summed E-state index contributed by atoms with van der Waals surface area (Å²) in [6.45, 7) is 6.28. The molecule has 0 aromatic carbocycles. The molecule has 2 heterocycles. The second kappa shape index (κ2) is 7.58. The minimum atomic E-state index is -0.0623. The summed E-state index contributed by atoms with van der Waals surface area (Å²) >= 11 is 1.51. The Bertz CT molecular complexity index is 611. The van der Waals surface area contributed by atoms with Gasteiger partial charge in [-0.2, -0.15) is 0 Å². The van der Waals surface area contributed by atoms with Crippen molar-refractivity contribution < 1.29 is 4.79 Å². The first-order chi connectivity index (χ1) is 10.2. The summed E-state index contributed by atoms with van der Waals surface area (Å²) in [7, 11) is 0. The van der Waals surface area contributed by atoms with E-state index in [-0.39, 0.29) is 5.91 Å². The van der Waals surface area contributed by atoms with Gasteiger partial charge >= 0.3 is 0 Å². The third-order valence-electron chi connectivity index (χ3n) is 2.71. The fourth-order valence-corrected chi connectivity index (χ4v) is 2.62. The summed E-state index contributed by atoms with van der Waals surface area (Å²) in [4.78, 5) is 15.8. The maximum atomic E-state index is 11.8. The van der Waals surface area contributed by atoms with Crippen LogP contribution in [0.1, 0.15) is 12.2 Å². The van der Waals surface area contributed by atoms with Crippen molar-refractivity contribution in [1.82, 2.24) is 19.7 Å². The van der Waals surface area contributed by atoms with Crippen molar-refractivity contribution >= 4 is 23.5 Å². The molecule has 2 aromatic rings. The van der Waals surface area contributed by atoms with E-state index in [0.29, 0.717) is 24.5 Å². The van der Waals surface area contributed by atoms with Crippen LogP contribution < -0.4 is 5.32 Å². The molecule has 0 aliphatic rings. The van der Waals surface area contributed by atoms with Gasteiger partial charge < -0.3 is 9.88 Å². The van der Waals surface area contributed by atoms with Crippen LogP contribution in [0.2, 0.25) is 0 Å². The summed E-state index contributed by atoms with van der Waals surface area (Å²) in [6, 6.07) is 5.40. The number of nitrogens with zero attached hydrogens (tertiary/aromatic N) is 4. The Labute approximate surface area is 127 Å². The monoisotopic (exact) mass is 303 g/mol. The summed E-state index contributed by atoms with van der Waals surface area (Å²) < 4.78 is 1.97. The molecule has 0 radical (unpaired) electrons. The van der Waals surface area contributed by atoms with Crippen LogP contribution in [0, 0.1) is 6.92 Å². The minimum Gasteiger partial charge on any atom is -0.311 e. The third kappa shape index (κ3) is 4.42. The maximum absolute atomic E-state index is 11.8. The molecule has 1 amide bonds. The Morgan fingerprint density at radius 2 is 2.33 bits per heavy atom. The molecule has 7 heteroatoms. The third-order valence-corrected chi connectivity index (χ3v) is 3.67. The number of nitrogens with one attached hydrogen (secondary N) is 1. The van der Waals surface area contributed by atoms with Crippen molar-refractivity contribution in [2.24, 2.45) is 0 Å². The quantitative estimate of drug-likeness (QED) is 0.627. The van der Waals surface area contributed by atoms with Crippen LogP contribution in [0.3, 0.4) is 0 Å². The number of anilines is 1. The molecule has 110 valence electrons. The number of pyridine rings is 1. The van der Waals surface area contributed by atoms with Crippen molar-refractivity contribution in [2.75, 3.05) is 11.1 Å². The van der Waals surface area contributed by atoms with Crippen LogP contribution in [0.25, 0.3) is 0 Å². The van der Waals surface area contributed by atoms with Gasteiger partial charge in [-0.3, -0.25) is 4.79 Å². The smallest absolute Gasteiger partial charge is 0.226 e. The number of carbonyl (C=O) groups excluding carboxylic acids is 1. The molecule has 0 fully saturated rings. The second-order valence-electron chi connectivity index (χ2n) is 4.29. The first-order valence-electron chi connectivity index (χ1n) is 6.55. The van der Waals surface area contributed by atoms with E-state index in [0.717, 1.165) is 11.0 Å². The molecule has 0 aliphatic carbocycles. The number of amides is 1. The van der Waals surface area contributed by atoms with Gasteiger partial charge in [0.25, 0.3) is 0 Å². The Kier molecular flexibility index (Phi) is 5.51. The zero-order valence-electron chi connectivity index (χ0n) is 11.8. The Balaban J connectivity index is 1.81. The van der Waals surface area contributed by atoms with Crippen LogP contribution in [0.5, 0.6) is 0 Å². The number of thioether (sulfide) groups is 1. The first kappa shape index (κ1) is 15.2. The molecule has 21 heavy (non-hydrogen) atoms. The van der Waals surface area contributed by atoms with E-state index in [1.165, 1.54) is 11.8 Å². The normalized spacial score (nSPS) is 10.3. The standard InChI is InChI=1S/C14H17N5OS/c1-3-9-19-11(2)17-18-14(19)21-10-7-13(20)16-12-6-4-5-8-15-12/h3-6,8H,1,7,9-10H2,2H3,(H,15,16,20). The van der Waals surface area contributed by atoms with Crippen LogP contribution >= 0.6 is 11.8 Å². The molecule has 0 bridgehead atoms. The highest BCUT2D eigenvalue weighted by Crippen LogP contribution is 2.18. The Hall–Kier alpha value is -2.15. The van der Waals surface area contributed by atoms with Gasteiger partial charge in [0.05, 0.1) is 0 Å². The molecular weight excluding hydrogens is 286 g/mol. The molecule has 6 nitrogen and oxygen atoms in total. The second-order valence-corrected chi connectivity index (χ2v) is 5.35. The number of hydrogen-bond donors (Lipinski definition) is 1. The first-order valence-corrected chi connectivity index (χ1v) is 7.53. The number of aromatic nitrogens is 4. The lowest BCUT2D eigenvalue weighted by molar-refractivity contribution is -0.115. The van der Waals surface area contributed by atoms with Crippen LogP contribution in [-0.4, -0.2) is 31.4 Å². The van der Waals surface area contributed by atoms with E-state index in [1.807, 2.05) is 17.6 Å². The van der Waals surface area contributed by atoms with E-state index in [1.54, 1.807) is 24.4 Å². The van der Waals surface area contributed by atoms with Gasteiger partial charge in [0, 0.05) is 24.9 Å². The van der Waals surface area contributed by atoms with Crippen LogP contribution in [0.4, 0.5) is 5.82 Å². The zero-order valence-corrected chi connectivity index (χ0v) is 12.6. The van der Waals surface area contributed by atoms with Gasteiger partial charge in [0.1, 0.15) is 11.6 Å². The zero-order chi connectivity index (χ0) is 15.1. The fourth-order valence-electron chi connectivity index (χ4n) is 1.68. The fraction of sp³-hybridized carbons (Fsp3) is 0.286. The summed E-state index contributed by atoms with van der Waals surface area (Å²) in [6.07, 6.45) is 3.83. The largest absolute Gasteiger partial charge is 0.311 e. The Morgan fingerprint density at radius 3 is 3.05 bits per heavy atom. The van der Waals surface area contributed by atoms with Crippen molar-refractivity contribution in [1.29, 1.82) is 0 Å². The number of aryl methyl sites for hydroxylation is 1. The highest BCUT2D eigenvalue weighted by atomic mass is 32.2. The molecular formula is C14H17N5OS. The molecule has 0 atom stereocenters. The summed E-state index contributed by atoms with van der Waals surface area (Å²) in [5.41, 5.74) is 0. The van der Waals surface area contributed by atoms with Gasteiger partial charge in [0.15, 0.2) is 5.16 Å². The van der Waals surface area contributed by atoms with Gasteiger partial charge in [0.2, 0.25) is 5.91 Å². The van der Waals surface area contributed by atoms with E-state index in [4.69, 9.17) is 0 Å². The summed E-state index contributed by atoms with van der Waals surface area (Å²) in [5, 5.41) is 11.7. The Morgan fingerprint density at radius 1 is 1.48 bits per heavy atom. The molecule has 0 aliphatic heterocycles. The minimum absolute atomic E-state index is 0.0623. The molecule has 0 unspecified atom stereocenters. The van der Waals surface area contributed by atoms with Gasteiger partial charge in [-0.1, -0.05) is 23.9 Å². The van der Waals surface area contributed by atoms with E-state index >= 15 is 0 Å². The number of carbonyl (C=O) groups is 1. The van der Waals surface area contributed by atoms with E-state index < -0.39 is 0 Å². The van der Waals surface area contributed by atoms with E-state index in [9.17, 15) is 4.79 Å². The lowest BCUT2D eigenvalue weighted by Gasteiger charge is -2.05.